The van der Waals surface area contributed by atoms with Gasteiger partial charge in [0.25, 0.3) is 0 Å². The van der Waals surface area contributed by atoms with Crippen molar-refractivity contribution in [2.45, 2.75) is 6.42 Å². The van der Waals surface area contributed by atoms with Crippen LogP contribution in [-0.4, -0.2) is 0 Å². The van der Waals surface area contributed by atoms with Crippen LogP contribution >= 0.6 is 0 Å². The van der Waals surface area contributed by atoms with Gasteiger partial charge in [-0.2, -0.15) is 0 Å². The Morgan fingerprint density at radius 2 is 2.67 bits per heavy atom. The van der Waals surface area contributed by atoms with Gasteiger partial charge in [-0.05, 0) is 0 Å². The molecule has 0 heterocycles. The molecule has 0 radical (unpaired) electrons. The van der Waals surface area contributed by atoms with Crippen molar-refractivity contribution in [2.24, 2.45) is 0 Å². The summed E-state index contributed by atoms with van der Waals surface area (Å²) in [7, 11) is 0. The molecule has 36 valence electrons. The molecule has 6 heavy (non-hydrogen) atoms. The standard InChI is InChI=1S/C5H5.Ir.2H/c1-2-4-5-3-1;;;/h1-3H,4H2;;;/q;+2;2*-1. The van der Waals surface area contributed by atoms with Crippen molar-refractivity contribution in [3.63, 3.8) is 0 Å². The van der Waals surface area contributed by atoms with Gasteiger partial charge in [-0.25, -0.2) is 0 Å². The van der Waals surface area contributed by atoms with Crippen LogP contribution < -0.4 is 0 Å². The van der Waals surface area contributed by atoms with Gasteiger partial charge >= 0.3 is 47.6 Å². The number of hydrogen-bond donors (Lipinski definition) is 0. The van der Waals surface area contributed by atoms with Gasteiger partial charge in [-0.1, -0.05) is 0 Å². The summed E-state index contributed by atoms with van der Waals surface area (Å²) < 4.78 is 1.47. The van der Waals surface area contributed by atoms with E-state index in [2.05, 4.69) is 37.1 Å². The van der Waals surface area contributed by atoms with Crippen LogP contribution in [-0.2, 0) is 18.9 Å². The predicted molar refractivity (Wildman–Crippen MR) is 24.1 cm³/mol. The van der Waals surface area contributed by atoms with Gasteiger partial charge in [0.2, 0.25) is 0 Å². The maximum absolute atomic E-state index is 2.16. The Morgan fingerprint density at radius 3 is 2.83 bits per heavy atom. The first-order valence-electron chi connectivity index (χ1n) is 1.88. The molecule has 0 spiro atoms. The third-order valence-corrected chi connectivity index (χ3v) is 1.60. The van der Waals surface area contributed by atoms with Crippen molar-refractivity contribution in [1.29, 1.82) is 0 Å². The van der Waals surface area contributed by atoms with E-state index in [9.17, 15) is 0 Å². The molecule has 0 aromatic heterocycles. The van der Waals surface area contributed by atoms with E-state index in [-0.39, 0.29) is 2.85 Å². The van der Waals surface area contributed by atoms with Crippen molar-refractivity contribution in [2.75, 3.05) is 0 Å². The molecule has 0 atom stereocenters. The van der Waals surface area contributed by atoms with Gasteiger partial charge in [0.05, 0.1) is 0 Å². The second kappa shape index (κ2) is 1.72. The molecule has 1 heteroatoms. The van der Waals surface area contributed by atoms with Crippen LogP contribution in [0.3, 0.4) is 0 Å². The summed E-state index contributed by atoms with van der Waals surface area (Å²) >= 11 is 2.14. The molecule has 0 nitrogen and oxygen atoms in total. The Labute approximate surface area is 51.1 Å². The molecule has 0 aromatic rings. The average Bonchev–Trinajstić information content (AvgIpc) is 1.86. The molecular formula is C5H7Ir. The zero-order chi connectivity index (χ0) is 4.41. The van der Waals surface area contributed by atoms with Crippen molar-refractivity contribution < 1.29 is 21.8 Å². The molecule has 0 aromatic carbocycles. The van der Waals surface area contributed by atoms with Crippen LogP contribution in [0.15, 0.2) is 22.3 Å². The minimum atomic E-state index is 0. The first kappa shape index (κ1) is 4.29. The second-order valence-corrected chi connectivity index (χ2v) is 2.76. The fraction of sp³-hybridized carbons (Fsp3) is 0.200. The zero-order valence-corrected chi connectivity index (χ0v) is 5.67. The third kappa shape index (κ3) is 0.796. The fourth-order valence-electron chi connectivity index (χ4n) is 0.412. The van der Waals surface area contributed by atoms with Gasteiger partial charge < -0.3 is 2.85 Å². The van der Waals surface area contributed by atoms with Gasteiger partial charge in [0.1, 0.15) is 0 Å². The monoisotopic (exact) mass is 260 g/mol. The summed E-state index contributed by atoms with van der Waals surface area (Å²) in [6.45, 7) is 0. The van der Waals surface area contributed by atoms with E-state index >= 15 is 0 Å². The van der Waals surface area contributed by atoms with E-state index in [0.29, 0.717) is 0 Å². The molecule has 0 aliphatic heterocycles. The van der Waals surface area contributed by atoms with Gasteiger partial charge in [-0.3, -0.25) is 0 Å². The van der Waals surface area contributed by atoms with E-state index in [0.717, 1.165) is 0 Å². The molecule has 0 unspecified atom stereocenters. The van der Waals surface area contributed by atoms with Gasteiger partial charge in [0.15, 0.2) is 0 Å². The molecular weight excluding hydrogens is 252 g/mol. The summed E-state index contributed by atoms with van der Waals surface area (Å²) in [6.07, 6.45) is 7.56. The Morgan fingerprint density at radius 1 is 1.83 bits per heavy atom. The molecule has 0 amide bonds. The van der Waals surface area contributed by atoms with E-state index in [1.165, 1.54) is 10.5 Å². The Hall–Kier alpha value is 0.129. The number of rotatable bonds is 0. The van der Waals surface area contributed by atoms with Crippen LogP contribution in [0.2, 0.25) is 0 Å². The number of allylic oxidation sites excluding steroid dienone is 4. The minimum absolute atomic E-state index is 0. The summed E-state index contributed by atoms with van der Waals surface area (Å²) in [5.41, 5.74) is 0. The molecule has 1 aliphatic rings. The van der Waals surface area contributed by atoms with Gasteiger partial charge in [0, 0.05) is 0 Å². The molecule has 0 bridgehead atoms. The zero-order valence-electron chi connectivity index (χ0n) is 5.27. The van der Waals surface area contributed by atoms with Gasteiger partial charge in [-0.15, -0.1) is 0 Å². The van der Waals surface area contributed by atoms with Crippen molar-refractivity contribution in [1.82, 2.24) is 0 Å². The van der Waals surface area contributed by atoms with Crippen molar-refractivity contribution >= 4 is 0 Å². The fourth-order valence-corrected chi connectivity index (χ4v) is 0.924. The Kier molecular flexibility index (Phi) is 1.23. The maximum atomic E-state index is 2.16. The summed E-state index contributed by atoms with van der Waals surface area (Å²) in [6, 6.07) is 0. The quantitative estimate of drug-likeness (QED) is 0.620. The predicted octanol–water partition coefficient (Wildman–Crippen LogP) is 1.60. The third-order valence-electron chi connectivity index (χ3n) is 0.709. The summed E-state index contributed by atoms with van der Waals surface area (Å²) in [4.78, 5) is 0. The molecule has 1 rings (SSSR count). The molecule has 0 N–H and O–H groups in total. The van der Waals surface area contributed by atoms with Crippen molar-refractivity contribution in [3.8, 4) is 0 Å². The topological polar surface area (TPSA) is 0 Å². The van der Waals surface area contributed by atoms with Crippen LogP contribution in [0.25, 0.3) is 0 Å². The van der Waals surface area contributed by atoms with Crippen LogP contribution in [0.4, 0.5) is 0 Å². The Balaban J connectivity index is 0. The van der Waals surface area contributed by atoms with Crippen LogP contribution in [0.5, 0.6) is 0 Å². The van der Waals surface area contributed by atoms with E-state index in [1.54, 1.807) is 0 Å². The number of hydrogen-bond acceptors (Lipinski definition) is 0. The first-order valence-corrected chi connectivity index (χ1v) is 3.08. The summed E-state index contributed by atoms with van der Waals surface area (Å²) in [5, 5.41) is 0. The normalized spacial score (nSPS) is 18.5. The van der Waals surface area contributed by atoms with Crippen LogP contribution in [0.1, 0.15) is 9.27 Å². The van der Waals surface area contributed by atoms with E-state index in [4.69, 9.17) is 0 Å². The molecule has 0 fully saturated rings. The van der Waals surface area contributed by atoms with E-state index < -0.39 is 0 Å². The van der Waals surface area contributed by atoms with Crippen molar-refractivity contribution in [3.05, 3.63) is 22.3 Å². The second-order valence-electron chi connectivity index (χ2n) is 1.22. The summed E-state index contributed by atoms with van der Waals surface area (Å²) in [5.74, 6) is 0. The SMILES string of the molecule is [H-].[H-].[Ir+2][C]1=CC=CC1. The molecule has 1 aliphatic carbocycles. The average molecular weight is 259 g/mol. The van der Waals surface area contributed by atoms with E-state index in [1.807, 2.05) is 0 Å². The Bertz CT molecular complexity index is 107. The van der Waals surface area contributed by atoms with Crippen LogP contribution in [0, 0.1) is 0 Å². The first-order chi connectivity index (χ1) is 2.89. The molecule has 0 saturated heterocycles. The molecule has 0 saturated carbocycles.